The van der Waals surface area contributed by atoms with Crippen molar-refractivity contribution in [3.8, 4) is 0 Å². The Hall–Kier alpha value is -1.65. The number of nitrogens with zero attached hydrogens (tertiary/aromatic N) is 2. The molecule has 0 spiro atoms. The highest BCUT2D eigenvalue weighted by Gasteiger charge is 2.15. The Morgan fingerprint density at radius 2 is 2.00 bits per heavy atom. The molecule has 0 atom stereocenters. The molecule has 1 fully saturated rings. The number of piperazine rings is 1. The number of carbonyl (C=O) groups is 1. The summed E-state index contributed by atoms with van der Waals surface area (Å²) >= 11 is 0. The Morgan fingerprint density at radius 1 is 1.27 bits per heavy atom. The fraction of sp³-hybridized carbons (Fsp3) is 0.500. The van der Waals surface area contributed by atoms with Crippen LogP contribution < -0.4 is 0 Å². The normalized spacial score (nSPS) is 17.2. The van der Waals surface area contributed by atoms with E-state index in [-0.39, 0.29) is 0 Å². The summed E-state index contributed by atoms with van der Waals surface area (Å²) in [7, 11) is 2.15. The molecule has 1 N–H and O–H groups in total. The molecule has 0 aromatic heterocycles. The number of carboxylic acids is 1. The smallest absolute Gasteiger partial charge is 0.335 e. The average molecular weight is 302 g/mol. The van der Waals surface area contributed by atoms with Gasteiger partial charge in [0.25, 0.3) is 0 Å². The van der Waals surface area contributed by atoms with Crippen molar-refractivity contribution in [3.05, 3.63) is 41.0 Å². The highest BCUT2D eigenvalue weighted by atomic mass is 16.4. The Balaban J connectivity index is 2.15. The van der Waals surface area contributed by atoms with Crippen LogP contribution in [0.1, 0.15) is 41.3 Å². The van der Waals surface area contributed by atoms with Gasteiger partial charge in [-0.1, -0.05) is 31.6 Å². The molecule has 0 radical (unpaired) electrons. The van der Waals surface area contributed by atoms with Crippen LogP contribution in [0.25, 0.3) is 6.08 Å². The lowest BCUT2D eigenvalue weighted by molar-refractivity contribution is 0.0697. The predicted octanol–water partition coefficient (Wildman–Crippen LogP) is 2.95. The number of carboxylic acid groups (broad SMARTS) is 1. The van der Waals surface area contributed by atoms with Crippen LogP contribution in [0, 0.1) is 0 Å². The molecular formula is C18H26N2O2. The minimum atomic E-state index is -0.865. The van der Waals surface area contributed by atoms with Gasteiger partial charge in [-0.3, -0.25) is 4.90 Å². The lowest BCUT2D eigenvalue weighted by Crippen LogP contribution is -2.43. The molecule has 120 valence electrons. The van der Waals surface area contributed by atoms with Crippen molar-refractivity contribution in [2.45, 2.75) is 26.3 Å². The first-order chi connectivity index (χ1) is 10.6. The van der Waals surface area contributed by atoms with E-state index < -0.39 is 5.97 Å². The first-order valence-electron chi connectivity index (χ1n) is 8.04. The van der Waals surface area contributed by atoms with Gasteiger partial charge in [0.15, 0.2) is 0 Å². The number of likely N-dealkylation sites (N-methyl/N-ethyl adjacent to an activating group) is 1. The van der Waals surface area contributed by atoms with Crippen molar-refractivity contribution in [2.24, 2.45) is 0 Å². The monoisotopic (exact) mass is 302 g/mol. The van der Waals surface area contributed by atoms with Crippen LogP contribution in [0.4, 0.5) is 0 Å². The van der Waals surface area contributed by atoms with Gasteiger partial charge in [0, 0.05) is 32.7 Å². The molecule has 0 bridgehead atoms. The summed E-state index contributed by atoms with van der Waals surface area (Å²) in [5.74, 6) is -0.865. The van der Waals surface area contributed by atoms with Crippen molar-refractivity contribution in [2.75, 3.05) is 33.2 Å². The Labute approximate surface area is 133 Å². The second kappa shape index (κ2) is 8.11. The molecule has 1 aliphatic rings. The van der Waals surface area contributed by atoms with E-state index in [1.165, 1.54) is 5.56 Å². The van der Waals surface area contributed by atoms with Crippen molar-refractivity contribution in [3.63, 3.8) is 0 Å². The third kappa shape index (κ3) is 4.68. The van der Waals surface area contributed by atoms with Crippen LogP contribution in [0.15, 0.2) is 24.3 Å². The lowest BCUT2D eigenvalue weighted by Gasteiger charge is -2.32. The first-order valence-corrected chi connectivity index (χ1v) is 8.04. The minimum Gasteiger partial charge on any atom is -0.478 e. The van der Waals surface area contributed by atoms with E-state index in [2.05, 4.69) is 35.9 Å². The number of allylic oxidation sites excluding steroid dienone is 1. The molecule has 0 amide bonds. The summed E-state index contributed by atoms with van der Waals surface area (Å²) in [6, 6.07) is 5.47. The van der Waals surface area contributed by atoms with Crippen LogP contribution in [0.5, 0.6) is 0 Å². The van der Waals surface area contributed by atoms with Crippen LogP contribution >= 0.6 is 0 Å². The number of hydrogen-bond acceptors (Lipinski definition) is 3. The van der Waals surface area contributed by atoms with E-state index in [9.17, 15) is 9.90 Å². The molecule has 22 heavy (non-hydrogen) atoms. The molecule has 0 unspecified atom stereocenters. The molecule has 4 heteroatoms. The number of unbranched alkanes of at least 4 members (excludes halogenated alkanes) is 1. The maximum Gasteiger partial charge on any atom is 0.335 e. The lowest BCUT2D eigenvalue weighted by atomic mass is 10.0. The molecule has 1 aromatic carbocycles. The second-order valence-electron chi connectivity index (χ2n) is 5.99. The van der Waals surface area contributed by atoms with E-state index in [1.54, 1.807) is 12.1 Å². The predicted molar refractivity (Wildman–Crippen MR) is 90.1 cm³/mol. The maximum atomic E-state index is 11.2. The topological polar surface area (TPSA) is 43.8 Å². The van der Waals surface area contributed by atoms with E-state index >= 15 is 0 Å². The number of hydrogen-bond donors (Lipinski definition) is 1. The summed E-state index contributed by atoms with van der Waals surface area (Å²) < 4.78 is 0. The molecule has 1 heterocycles. The zero-order valence-electron chi connectivity index (χ0n) is 13.6. The van der Waals surface area contributed by atoms with Crippen molar-refractivity contribution in [1.82, 2.24) is 9.80 Å². The summed E-state index contributed by atoms with van der Waals surface area (Å²) in [5, 5.41) is 9.18. The molecule has 2 rings (SSSR count). The third-order valence-corrected chi connectivity index (χ3v) is 4.14. The average Bonchev–Trinajstić information content (AvgIpc) is 2.51. The Kier molecular flexibility index (Phi) is 6.16. The molecule has 0 saturated carbocycles. The maximum absolute atomic E-state index is 11.2. The van der Waals surface area contributed by atoms with Crippen LogP contribution in [0.2, 0.25) is 0 Å². The first kappa shape index (κ1) is 16.7. The largest absolute Gasteiger partial charge is 0.478 e. The number of benzene rings is 1. The van der Waals surface area contributed by atoms with Crippen molar-refractivity contribution in [1.29, 1.82) is 0 Å². The van der Waals surface area contributed by atoms with Crippen molar-refractivity contribution >= 4 is 12.0 Å². The van der Waals surface area contributed by atoms with Crippen molar-refractivity contribution < 1.29 is 9.90 Å². The zero-order chi connectivity index (χ0) is 15.9. The van der Waals surface area contributed by atoms with E-state index in [1.807, 2.05) is 6.07 Å². The van der Waals surface area contributed by atoms with Gasteiger partial charge in [-0.25, -0.2) is 4.79 Å². The summed E-state index contributed by atoms with van der Waals surface area (Å²) in [5.41, 5.74) is 2.60. The highest BCUT2D eigenvalue weighted by molar-refractivity contribution is 5.88. The molecular weight excluding hydrogens is 276 g/mol. The van der Waals surface area contributed by atoms with Crippen LogP contribution in [0.3, 0.4) is 0 Å². The standard InChI is InChI=1S/C18H26N2O2/c1-3-4-5-6-15-13-16(18(21)22)7-8-17(15)14-20-11-9-19(2)10-12-20/h5-8,13H,3-4,9-12,14H2,1-2H3,(H,21,22)/b6-5+. The second-order valence-corrected chi connectivity index (χ2v) is 5.99. The van der Waals surface area contributed by atoms with Crippen LogP contribution in [-0.2, 0) is 6.54 Å². The summed E-state index contributed by atoms with van der Waals surface area (Å²) in [4.78, 5) is 16.0. The zero-order valence-corrected chi connectivity index (χ0v) is 13.6. The summed E-state index contributed by atoms with van der Waals surface area (Å²) in [6.45, 7) is 7.34. The molecule has 0 aliphatic carbocycles. The Bertz CT molecular complexity index is 532. The van der Waals surface area contributed by atoms with Gasteiger partial charge in [0.05, 0.1) is 5.56 Å². The van der Waals surface area contributed by atoms with E-state index in [0.29, 0.717) is 5.56 Å². The molecule has 4 nitrogen and oxygen atoms in total. The van der Waals surface area contributed by atoms with E-state index in [4.69, 9.17) is 0 Å². The number of aromatic carboxylic acids is 1. The highest BCUT2D eigenvalue weighted by Crippen LogP contribution is 2.18. The van der Waals surface area contributed by atoms with Gasteiger partial charge < -0.3 is 10.0 Å². The van der Waals surface area contributed by atoms with Gasteiger partial charge in [0.1, 0.15) is 0 Å². The molecule has 1 saturated heterocycles. The Morgan fingerprint density at radius 3 is 2.64 bits per heavy atom. The molecule has 1 aromatic rings. The van der Waals surface area contributed by atoms with Gasteiger partial charge in [-0.05, 0) is 36.7 Å². The van der Waals surface area contributed by atoms with Crippen LogP contribution in [-0.4, -0.2) is 54.1 Å². The van der Waals surface area contributed by atoms with Gasteiger partial charge in [-0.2, -0.15) is 0 Å². The fourth-order valence-electron chi connectivity index (χ4n) is 2.65. The van der Waals surface area contributed by atoms with Gasteiger partial charge in [-0.15, -0.1) is 0 Å². The fourth-order valence-corrected chi connectivity index (χ4v) is 2.65. The van der Waals surface area contributed by atoms with Gasteiger partial charge >= 0.3 is 5.97 Å². The quantitative estimate of drug-likeness (QED) is 0.877. The third-order valence-electron chi connectivity index (χ3n) is 4.14. The van der Waals surface area contributed by atoms with Gasteiger partial charge in [0.2, 0.25) is 0 Å². The number of rotatable bonds is 6. The van der Waals surface area contributed by atoms with E-state index in [0.717, 1.165) is 51.1 Å². The summed E-state index contributed by atoms with van der Waals surface area (Å²) in [6.07, 6.45) is 6.32. The minimum absolute atomic E-state index is 0.360. The molecule has 1 aliphatic heterocycles. The SMILES string of the molecule is CCC/C=C/c1cc(C(=O)O)ccc1CN1CCN(C)CC1.